The molecule has 1 heterocycles. The standard InChI is InChI=1S/C14H20N4/c1-4-11(2)9-15-13-7-5-6-12(8-13)14-17-16-10-18(14)3/h5-8,10-11,15H,4,9H2,1-3H3. The third kappa shape index (κ3) is 2.88. The van der Waals surface area contributed by atoms with Crippen molar-refractivity contribution < 1.29 is 0 Å². The number of hydrogen-bond acceptors (Lipinski definition) is 3. The maximum absolute atomic E-state index is 4.12. The molecule has 2 rings (SSSR count). The lowest BCUT2D eigenvalue weighted by Crippen LogP contribution is -2.10. The highest BCUT2D eigenvalue weighted by atomic mass is 15.2. The second-order valence-electron chi connectivity index (χ2n) is 4.74. The second-order valence-corrected chi connectivity index (χ2v) is 4.74. The Bertz CT molecular complexity index is 504. The number of nitrogens with one attached hydrogen (secondary N) is 1. The molecule has 0 spiro atoms. The Morgan fingerprint density at radius 1 is 1.39 bits per heavy atom. The van der Waals surface area contributed by atoms with E-state index in [0.717, 1.165) is 23.6 Å². The number of aryl methyl sites for hydroxylation is 1. The van der Waals surface area contributed by atoms with Crippen LogP contribution in [0.5, 0.6) is 0 Å². The van der Waals surface area contributed by atoms with Gasteiger partial charge in [0.25, 0.3) is 0 Å². The number of anilines is 1. The van der Waals surface area contributed by atoms with Crippen molar-refractivity contribution in [2.75, 3.05) is 11.9 Å². The molecule has 0 radical (unpaired) electrons. The van der Waals surface area contributed by atoms with Gasteiger partial charge in [0.05, 0.1) is 0 Å². The van der Waals surface area contributed by atoms with Crippen LogP contribution in [0.2, 0.25) is 0 Å². The predicted octanol–water partition coefficient (Wildman–Crippen LogP) is 2.94. The van der Waals surface area contributed by atoms with E-state index in [-0.39, 0.29) is 0 Å². The summed E-state index contributed by atoms with van der Waals surface area (Å²) in [7, 11) is 1.95. The van der Waals surface area contributed by atoms with Crippen molar-refractivity contribution in [3.05, 3.63) is 30.6 Å². The number of rotatable bonds is 5. The molecule has 0 aliphatic rings. The van der Waals surface area contributed by atoms with E-state index in [4.69, 9.17) is 0 Å². The van der Waals surface area contributed by atoms with E-state index in [1.54, 1.807) is 6.33 Å². The number of benzene rings is 1. The number of hydrogen-bond donors (Lipinski definition) is 1. The van der Waals surface area contributed by atoms with Crippen molar-refractivity contribution in [3.8, 4) is 11.4 Å². The summed E-state index contributed by atoms with van der Waals surface area (Å²) in [5.41, 5.74) is 2.22. The smallest absolute Gasteiger partial charge is 0.163 e. The van der Waals surface area contributed by atoms with Crippen molar-refractivity contribution in [1.29, 1.82) is 0 Å². The maximum Gasteiger partial charge on any atom is 0.163 e. The van der Waals surface area contributed by atoms with Gasteiger partial charge in [0.15, 0.2) is 5.82 Å². The minimum absolute atomic E-state index is 0.684. The number of aromatic nitrogens is 3. The van der Waals surface area contributed by atoms with Gasteiger partial charge in [0.1, 0.15) is 6.33 Å². The first-order valence-electron chi connectivity index (χ1n) is 6.39. The van der Waals surface area contributed by atoms with Crippen molar-refractivity contribution in [1.82, 2.24) is 14.8 Å². The van der Waals surface area contributed by atoms with Crippen molar-refractivity contribution in [2.24, 2.45) is 13.0 Å². The largest absolute Gasteiger partial charge is 0.385 e. The lowest BCUT2D eigenvalue weighted by Gasteiger charge is -2.12. The second kappa shape index (κ2) is 5.67. The summed E-state index contributed by atoms with van der Waals surface area (Å²) >= 11 is 0. The van der Waals surface area contributed by atoms with Gasteiger partial charge in [-0.25, -0.2) is 0 Å². The van der Waals surface area contributed by atoms with Crippen LogP contribution in [-0.4, -0.2) is 21.3 Å². The van der Waals surface area contributed by atoms with Crippen LogP contribution < -0.4 is 5.32 Å². The summed E-state index contributed by atoms with van der Waals surface area (Å²) in [5.74, 6) is 1.57. The van der Waals surface area contributed by atoms with E-state index < -0.39 is 0 Å². The highest BCUT2D eigenvalue weighted by Crippen LogP contribution is 2.20. The molecular formula is C14H20N4. The SMILES string of the molecule is CCC(C)CNc1cccc(-c2nncn2C)c1. The van der Waals surface area contributed by atoms with Crippen molar-refractivity contribution in [3.63, 3.8) is 0 Å². The Labute approximate surface area is 108 Å². The molecule has 4 nitrogen and oxygen atoms in total. The molecule has 0 amide bonds. The predicted molar refractivity (Wildman–Crippen MR) is 74.4 cm³/mol. The van der Waals surface area contributed by atoms with Crippen molar-refractivity contribution in [2.45, 2.75) is 20.3 Å². The molecule has 1 aromatic carbocycles. The zero-order valence-corrected chi connectivity index (χ0v) is 11.2. The normalized spacial score (nSPS) is 12.4. The lowest BCUT2D eigenvalue weighted by molar-refractivity contribution is 0.593. The molecule has 0 aliphatic carbocycles. The molecule has 1 aromatic heterocycles. The topological polar surface area (TPSA) is 42.7 Å². The van der Waals surface area contributed by atoms with Crippen LogP contribution in [-0.2, 0) is 7.05 Å². The Morgan fingerprint density at radius 3 is 2.89 bits per heavy atom. The molecule has 0 saturated carbocycles. The van der Waals surface area contributed by atoms with Crippen LogP contribution in [0.1, 0.15) is 20.3 Å². The Balaban J connectivity index is 2.13. The van der Waals surface area contributed by atoms with Gasteiger partial charge in [-0.05, 0) is 18.1 Å². The van der Waals surface area contributed by atoms with Crippen molar-refractivity contribution >= 4 is 5.69 Å². The van der Waals surface area contributed by atoms with Gasteiger partial charge in [-0.15, -0.1) is 10.2 Å². The zero-order chi connectivity index (χ0) is 13.0. The van der Waals surface area contributed by atoms with E-state index in [0.29, 0.717) is 5.92 Å². The summed E-state index contributed by atoms with van der Waals surface area (Å²) in [4.78, 5) is 0. The molecule has 18 heavy (non-hydrogen) atoms. The van der Waals surface area contributed by atoms with E-state index in [1.807, 2.05) is 17.7 Å². The van der Waals surface area contributed by atoms with Crippen LogP contribution in [0.4, 0.5) is 5.69 Å². The first-order chi connectivity index (χ1) is 8.70. The van der Waals surface area contributed by atoms with Gasteiger partial charge in [0, 0.05) is 24.8 Å². The van der Waals surface area contributed by atoms with Gasteiger partial charge in [-0.1, -0.05) is 32.4 Å². The van der Waals surface area contributed by atoms with E-state index in [9.17, 15) is 0 Å². The third-order valence-corrected chi connectivity index (χ3v) is 3.18. The Kier molecular flexibility index (Phi) is 3.97. The van der Waals surface area contributed by atoms with Gasteiger partial charge < -0.3 is 9.88 Å². The molecule has 1 unspecified atom stereocenters. The van der Waals surface area contributed by atoms with E-state index in [2.05, 4.69) is 47.6 Å². The summed E-state index contributed by atoms with van der Waals surface area (Å²) in [5, 5.41) is 11.5. The van der Waals surface area contributed by atoms with Gasteiger partial charge >= 0.3 is 0 Å². The molecule has 1 atom stereocenters. The molecule has 4 heteroatoms. The van der Waals surface area contributed by atoms with Gasteiger partial charge in [-0.3, -0.25) is 0 Å². The van der Waals surface area contributed by atoms with Crippen LogP contribution >= 0.6 is 0 Å². The minimum atomic E-state index is 0.684. The van der Waals surface area contributed by atoms with Crippen LogP contribution in [0.3, 0.4) is 0 Å². The highest BCUT2D eigenvalue weighted by molar-refractivity contribution is 5.62. The molecule has 1 N–H and O–H groups in total. The summed E-state index contributed by atoms with van der Waals surface area (Å²) in [6.45, 7) is 5.46. The molecular weight excluding hydrogens is 224 g/mol. The zero-order valence-electron chi connectivity index (χ0n) is 11.2. The molecule has 0 aliphatic heterocycles. The first-order valence-corrected chi connectivity index (χ1v) is 6.39. The quantitative estimate of drug-likeness (QED) is 0.879. The fraction of sp³-hybridized carbons (Fsp3) is 0.429. The summed E-state index contributed by atoms with van der Waals surface area (Å²) < 4.78 is 1.92. The lowest BCUT2D eigenvalue weighted by atomic mass is 10.1. The average Bonchev–Trinajstić information content (AvgIpc) is 2.82. The van der Waals surface area contributed by atoms with Crippen LogP contribution in [0.25, 0.3) is 11.4 Å². The highest BCUT2D eigenvalue weighted by Gasteiger charge is 2.05. The minimum Gasteiger partial charge on any atom is -0.385 e. The fourth-order valence-corrected chi connectivity index (χ4v) is 1.75. The van der Waals surface area contributed by atoms with E-state index in [1.165, 1.54) is 6.42 Å². The van der Waals surface area contributed by atoms with Crippen LogP contribution in [0.15, 0.2) is 30.6 Å². The van der Waals surface area contributed by atoms with E-state index >= 15 is 0 Å². The fourth-order valence-electron chi connectivity index (χ4n) is 1.75. The van der Waals surface area contributed by atoms with Gasteiger partial charge in [0.2, 0.25) is 0 Å². The molecule has 0 fully saturated rings. The molecule has 2 aromatic rings. The third-order valence-electron chi connectivity index (χ3n) is 3.18. The first kappa shape index (κ1) is 12.6. The van der Waals surface area contributed by atoms with Crippen LogP contribution in [0, 0.1) is 5.92 Å². The summed E-state index contributed by atoms with van der Waals surface area (Å²) in [6, 6.07) is 8.30. The molecule has 96 valence electrons. The monoisotopic (exact) mass is 244 g/mol. The Morgan fingerprint density at radius 2 is 2.22 bits per heavy atom. The Hall–Kier alpha value is -1.84. The maximum atomic E-state index is 4.12. The summed E-state index contributed by atoms with van der Waals surface area (Å²) in [6.07, 6.45) is 2.91. The number of nitrogens with zero attached hydrogens (tertiary/aromatic N) is 3. The molecule has 0 bridgehead atoms. The molecule has 0 saturated heterocycles. The average molecular weight is 244 g/mol. The van der Waals surface area contributed by atoms with Gasteiger partial charge in [-0.2, -0.15) is 0 Å².